The van der Waals surface area contributed by atoms with Crippen molar-refractivity contribution >= 4 is 16.9 Å². The van der Waals surface area contributed by atoms with Crippen molar-refractivity contribution in [2.24, 2.45) is 0 Å². The average molecular weight is 367 g/mol. The molecule has 8 heteroatoms. The fourth-order valence-corrected chi connectivity index (χ4v) is 3.01. The van der Waals surface area contributed by atoms with Crippen LogP contribution in [0.4, 0.5) is 0 Å². The van der Waals surface area contributed by atoms with Crippen LogP contribution in [0.5, 0.6) is 11.5 Å². The van der Waals surface area contributed by atoms with Crippen molar-refractivity contribution in [2.75, 3.05) is 20.2 Å². The van der Waals surface area contributed by atoms with E-state index in [1.54, 1.807) is 25.2 Å². The predicted molar refractivity (Wildman–Crippen MR) is 98.5 cm³/mol. The zero-order chi connectivity index (χ0) is 19.0. The van der Waals surface area contributed by atoms with E-state index >= 15 is 0 Å². The Kier molecular flexibility index (Phi) is 4.15. The van der Waals surface area contributed by atoms with Crippen molar-refractivity contribution < 1.29 is 14.3 Å². The third-order valence-corrected chi connectivity index (χ3v) is 4.36. The number of aromatic amines is 2. The molecule has 0 spiro atoms. The topological polar surface area (TPSA) is 104 Å². The number of carbonyl (C=O) groups is 1. The number of aromatic nitrogens is 2. The van der Waals surface area contributed by atoms with Crippen LogP contribution in [0.15, 0.2) is 52.1 Å². The first-order chi connectivity index (χ1) is 13.0. The van der Waals surface area contributed by atoms with Gasteiger partial charge in [-0.25, -0.2) is 0 Å². The van der Waals surface area contributed by atoms with E-state index in [9.17, 15) is 14.4 Å². The van der Waals surface area contributed by atoms with Crippen molar-refractivity contribution in [1.82, 2.24) is 14.9 Å². The quantitative estimate of drug-likeness (QED) is 0.675. The molecule has 8 nitrogen and oxygen atoms in total. The lowest BCUT2D eigenvalue weighted by Gasteiger charge is -2.29. The van der Waals surface area contributed by atoms with Crippen molar-refractivity contribution in [3.63, 3.8) is 0 Å². The molecule has 0 fully saturated rings. The summed E-state index contributed by atoms with van der Waals surface area (Å²) in [6, 6.07) is 12.1. The van der Waals surface area contributed by atoms with E-state index in [-0.39, 0.29) is 12.0 Å². The van der Waals surface area contributed by atoms with Gasteiger partial charge in [-0.3, -0.25) is 14.4 Å². The first-order valence-corrected chi connectivity index (χ1v) is 8.41. The van der Waals surface area contributed by atoms with E-state index in [4.69, 9.17) is 9.47 Å². The average Bonchev–Trinajstić information content (AvgIpc) is 2.68. The third kappa shape index (κ3) is 3.29. The number of likely N-dealkylation sites (N-methyl/N-ethyl adjacent to an activating group) is 1. The van der Waals surface area contributed by atoms with Crippen LogP contribution in [0.2, 0.25) is 0 Å². The highest BCUT2D eigenvalue weighted by atomic mass is 16.6. The van der Waals surface area contributed by atoms with E-state index in [1.807, 2.05) is 24.3 Å². The summed E-state index contributed by atoms with van der Waals surface area (Å²) in [5.41, 5.74) is -0.241. The van der Waals surface area contributed by atoms with Gasteiger partial charge in [0.1, 0.15) is 6.61 Å². The standard InChI is InChI=1S/C19H17N3O5/c1-22(9-12-10-26-15-4-2-3-5-16(15)27-12)19(25)11-6-7-13-14(8-11)21-18(24)17(23)20-13/h2-8,12H,9-10H2,1H3,(H,20,23)(H,21,24)/t12-/m1/s1. The smallest absolute Gasteiger partial charge is 0.314 e. The van der Waals surface area contributed by atoms with E-state index in [0.717, 1.165) is 0 Å². The normalized spacial score (nSPS) is 15.5. The Hall–Kier alpha value is -3.55. The highest BCUT2D eigenvalue weighted by Crippen LogP contribution is 2.31. The zero-order valence-corrected chi connectivity index (χ0v) is 14.5. The summed E-state index contributed by atoms with van der Waals surface area (Å²) in [7, 11) is 1.67. The lowest BCUT2D eigenvalue weighted by atomic mass is 10.1. The molecule has 2 heterocycles. The number of hydrogen-bond acceptors (Lipinski definition) is 5. The SMILES string of the molecule is CN(C[C@@H]1COc2ccccc2O1)C(=O)c1ccc2[nH]c(=O)c(=O)[nH]c2c1. The maximum Gasteiger partial charge on any atom is 0.314 e. The highest BCUT2D eigenvalue weighted by Gasteiger charge is 2.24. The van der Waals surface area contributed by atoms with Gasteiger partial charge in [-0.1, -0.05) is 12.1 Å². The van der Waals surface area contributed by atoms with Crippen LogP contribution in [0.25, 0.3) is 11.0 Å². The molecule has 4 rings (SSSR count). The molecule has 1 aliphatic rings. The number of ether oxygens (including phenoxy) is 2. The molecule has 2 N–H and O–H groups in total. The van der Waals surface area contributed by atoms with Crippen LogP contribution < -0.4 is 20.6 Å². The fourth-order valence-electron chi connectivity index (χ4n) is 3.01. The Bertz CT molecular complexity index is 1130. The highest BCUT2D eigenvalue weighted by molar-refractivity contribution is 5.97. The molecule has 1 aromatic heterocycles. The second-order valence-corrected chi connectivity index (χ2v) is 6.35. The molecule has 0 unspecified atom stereocenters. The number of fused-ring (bicyclic) bond motifs is 2. The minimum absolute atomic E-state index is 0.230. The van der Waals surface area contributed by atoms with Gasteiger partial charge in [0, 0.05) is 12.6 Å². The minimum atomic E-state index is -0.758. The molecule has 1 aliphatic heterocycles. The van der Waals surface area contributed by atoms with Crippen LogP contribution >= 0.6 is 0 Å². The van der Waals surface area contributed by atoms with Crippen LogP contribution in [0.3, 0.4) is 0 Å². The Morgan fingerprint density at radius 2 is 1.78 bits per heavy atom. The molecular weight excluding hydrogens is 350 g/mol. The van der Waals surface area contributed by atoms with Crippen LogP contribution in [-0.2, 0) is 0 Å². The molecule has 0 saturated heterocycles. The molecule has 0 saturated carbocycles. The second kappa shape index (κ2) is 6.64. The predicted octanol–water partition coefficient (Wildman–Crippen LogP) is 1.13. The molecule has 138 valence electrons. The summed E-state index contributed by atoms with van der Waals surface area (Å²) in [4.78, 5) is 42.1. The maximum absolute atomic E-state index is 12.7. The molecule has 2 aromatic carbocycles. The number of rotatable bonds is 3. The molecule has 0 aliphatic carbocycles. The van der Waals surface area contributed by atoms with Crippen molar-refractivity contribution in [2.45, 2.75) is 6.10 Å². The molecule has 0 bridgehead atoms. The van der Waals surface area contributed by atoms with E-state index in [1.165, 1.54) is 4.90 Å². The van der Waals surface area contributed by atoms with Gasteiger partial charge < -0.3 is 24.3 Å². The van der Waals surface area contributed by atoms with Gasteiger partial charge in [-0.05, 0) is 30.3 Å². The van der Waals surface area contributed by atoms with Crippen molar-refractivity contribution in [3.8, 4) is 11.5 Å². The summed E-state index contributed by atoms with van der Waals surface area (Å²) < 4.78 is 11.5. The van der Waals surface area contributed by atoms with Gasteiger partial charge >= 0.3 is 11.1 Å². The Morgan fingerprint density at radius 3 is 2.56 bits per heavy atom. The molecule has 0 radical (unpaired) electrons. The molecule has 1 atom stereocenters. The largest absolute Gasteiger partial charge is 0.486 e. The minimum Gasteiger partial charge on any atom is -0.486 e. The second-order valence-electron chi connectivity index (χ2n) is 6.35. The zero-order valence-electron chi connectivity index (χ0n) is 14.5. The van der Waals surface area contributed by atoms with Crippen LogP contribution in [0, 0.1) is 0 Å². The summed E-state index contributed by atoms with van der Waals surface area (Å²) >= 11 is 0. The Labute approximate surface area is 153 Å². The Balaban J connectivity index is 1.51. The summed E-state index contributed by atoms with van der Waals surface area (Å²) in [5, 5.41) is 0. The number of nitrogens with one attached hydrogen (secondary N) is 2. The lowest BCUT2D eigenvalue weighted by molar-refractivity contribution is 0.0521. The summed E-state index contributed by atoms with van der Waals surface area (Å²) in [6.45, 7) is 0.689. The first-order valence-electron chi connectivity index (χ1n) is 8.41. The third-order valence-electron chi connectivity index (χ3n) is 4.36. The fraction of sp³-hybridized carbons (Fsp3) is 0.211. The van der Waals surface area contributed by atoms with Crippen LogP contribution in [-0.4, -0.2) is 47.1 Å². The number of amides is 1. The van der Waals surface area contributed by atoms with Gasteiger partial charge in [0.2, 0.25) is 0 Å². The molecule has 3 aromatic rings. The van der Waals surface area contributed by atoms with Gasteiger partial charge in [0.25, 0.3) is 5.91 Å². The summed E-state index contributed by atoms with van der Waals surface area (Å²) in [6.07, 6.45) is -0.287. The van der Waals surface area contributed by atoms with Gasteiger partial charge in [-0.15, -0.1) is 0 Å². The number of para-hydroxylation sites is 2. The lowest BCUT2D eigenvalue weighted by Crippen LogP contribution is -2.41. The molecular formula is C19H17N3O5. The van der Waals surface area contributed by atoms with E-state index < -0.39 is 11.1 Å². The summed E-state index contributed by atoms with van der Waals surface area (Å²) in [5.74, 6) is 1.11. The first kappa shape index (κ1) is 16.9. The number of benzene rings is 2. The van der Waals surface area contributed by atoms with Crippen molar-refractivity contribution in [3.05, 3.63) is 68.7 Å². The van der Waals surface area contributed by atoms with E-state index in [0.29, 0.717) is 41.2 Å². The molecule has 27 heavy (non-hydrogen) atoms. The van der Waals surface area contributed by atoms with Gasteiger partial charge in [0.05, 0.1) is 17.6 Å². The number of hydrogen-bond donors (Lipinski definition) is 2. The van der Waals surface area contributed by atoms with Crippen LogP contribution in [0.1, 0.15) is 10.4 Å². The van der Waals surface area contributed by atoms with Crippen molar-refractivity contribution in [1.29, 1.82) is 0 Å². The molecule has 1 amide bonds. The van der Waals surface area contributed by atoms with Gasteiger partial charge in [0.15, 0.2) is 17.6 Å². The van der Waals surface area contributed by atoms with E-state index in [2.05, 4.69) is 9.97 Å². The number of nitrogens with zero attached hydrogens (tertiary/aromatic N) is 1. The number of H-pyrrole nitrogens is 2. The monoisotopic (exact) mass is 367 g/mol. The Morgan fingerprint density at radius 1 is 1.07 bits per heavy atom. The van der Waals surface area contributed by atoms with Gasteiger partial charge in [-0.2, -0.15) is 0 Å². The number of carbonyl (C=O) groups excluding carboxylic acids is 1. The maximum atomic E-state index is 12.7.